The molecule has 6 nitrogen and oxygen atoms in total. The minimum absolute atomic E-state index is 0.0878. The second-order valence-corrected chi connectivity index (χ2v) is 5.52. The van der Waals surface area contributed by atoms with Crippen LogP contribution in [-0.4, -0.2) is 40.3 Å². The van der Waals surface area contributed by atoms with E-state index in [9.17, 15) is 19.8 Å². The molecule has 0 radical (unpaired) electrons. The monoisotopic (exact) mass is 314 g/mol. The van der Waals surface area contributed by atoms with Crippen LogP contribution < -0.4 is 9.47 Å². The van der Waals surface area contributed by atoms with Crippen LogP contribution in [0.1, 0.15) is 25.5 Å². The fraction of sp³-hybridized carbons (Fsp3) is 0.429. The van der Waals surface area contributed by atoms with Gasteiger partial charge in [0.05, 0.1) is 13.2 Å². The van der Waals surface area contributed by atoms with E-state index in [-0.39, 0.29) is 22.4 Å². The molecule has 0 aliphatic heterocycles. The highest BCUT2D eigenvalue weighted by Gasteiger charge is 2.21. The molecule has 0 fully saturated rings. The fourth-order valence-corrected chi connectivity index (χ4v) is 2.21. The number of carbonyl (C=O) groups excluding carboxylic acids is 2. The van der Waals surface area contributed by atoms with Gasteiger partial charge in [-0.15, -0.1) is 0 Å². The van der Waals surface area contributed by atoms with Crippen LogP contribution in [0.15, 0.2) is 18.2 Å². The van der Waals surface area contributed by atoms with Gasteiger partial charge in [0.15, 0.2) is 16.6 Å². The summed E-state index contributed by atoms with van der Waals surface area (Å²) in [5.41, 5.74) is 0.402. The number of rotatable bonds is 6. The van der Waals surface area contributed by atoms with Crippen molar-refractivity contribution in [1.82, 2.24) is 0 Å². The van der Waals surface area contributed by atoms with E-state index in [0.717, 1.165) is 11.8 Å². The largest absolute Gasteiger partial charge is 0.493 e. The number of methoxy groups -OCH3 is 1. The lowest BCUT2D eigenvalue weighted by atomic mass is 10.0. The molecule has 1 aromatic carbocycles. The first-order chi connectivity index (χ1) is 9.85. The molecule has 0 aromatic heterocycles. The Morgan fingerprint density at radius 3 is 2.43 bits per heavy atom. The molecule has 21 heavy (non-hydrogen) atoms. The van der Waals surface area contributed by atoms with Crippen LogP contribution in [0.4, 0.5) is 0 Å². The van der Waals surface area contributed by atoms with Crippen molar-refractivity contribution in [3.8, 4) is 11.5 Å². The average Bonchev–Trinajstić information content (AvgIpc) is 2.43. The molecule has 7 heteroatoms. The Balaban J connectivity index is 2.87. The summed E-state index contributed by atoms with van der Waals surface area (Å²) >= 11 is 0.934. The van der Waals surface area contributed by atoms with Gasteiger partial charge in [-0.25, -0.2) is 0 Å². The Labute approximate surface area is 127 Å². The predicted octanol–water partition coefficient (Wildman–Crippen LogP) is 1.29. The Morgan fingerprint density at radius 1 is 1.24 bits per heavy atom. The molecule has 116 valence electrons. The Bertz CT molecular complexity index is 516. The van der Waals surface area contributed by atoms with Crippen LogP contribution in [0.5, 0.6) is 11.5 Å². The van der Waals surface area contributed by atoms with Gasteiger partial charge in [-0.05, 0) is 17.7 Å². The topological polar surface area (TPSA) is 93.1 Å². The van der Waals surface area contributed by atoms with Gasteiger partial charge < -0.3 is 19.7 Å². The smallest absolute Gasteiger partial charge is 0.308 e. The second-order valence-electron chi connectivity index (χ2n) is 4.32. The normalized spacial score (nSPS) is 13.4. The molecule has 0 aliphatic rings. The lowest BCUT2D eigenvalue weighted by Crippen LogP contribution is -2.21. The Hall–Kier alpha value is -1.57. The number of aliphatic hydroxyl groups excluding tert-OH is 2. The number of esters is 1. The fourth-order valence-electron chi connectivity index (χ4n) is 1.62. The first kappa shape index (κ1) is 17.5. The first-order valence-corrected chi connectivity index (χ1v) is 7.19. The molecule has 0 heterocycles. The maximum atomic E-state index is 11.0. The molecule has 0 amide bonds. The quantitative estimate of drug-likeness (QED) is 0.603. The van der Waals surface area contributed by atoms with Crippen molar-refractivity contribution >= 4 is 22.8 Å². The highest BCUT2D eigenvalue weighted by molar-refractivity contribution is 8.13. The minimum atomic E-state index is -1.17. The van der Waals surface area contributed by atoms with Crippen molar-refractivity contribution in [3.63, 3.8) is 0 Å². The lowest BCUT2D eigenvalue weighted by Gasteiger charge is -2.18. The zero-order chi connectivity index (χ0) is 16.0. The Kier molecular flexibility index (Phi) is 6.67. The van der Waals surface area contributed by atoms with Crippen molar-refractivity contribution in [3.05, 3.63) is 23.8 Å². The molecule has 1 aromatic rings. The standard InChI is InChI=1S/C14H18O6S/c1-8(15)20-12-5-4-10(6-13(12)19-3)14(18)11(17)7-21-9(2)16/h4-6,11,14,17-18H,7H2,1-3H3. The number of thioether (sulfide) groups is 1. The van der Waals surface area contributed by atoms with Crippen LogP contribution in [0.25, 0.3) is 0 Å². The van der Waals surface area contributed by atoms with Crippen molar-refractivity contribution < 1.29 is 29.3 Å². The van der Waals surface area contributed by atoms with E-state index in [1.165, 1.54) is 39.2 Å². The maximum Gasteiger partial charge on any atom is 0.308 e. The molecule has 0 saturated carbocycles. The van der Waals surface area contributed by atoms with Crippen LogP contribution in [-0.2, 0) is 9.59 Å². The summed E-state index contributed by atoms with van der Waals surface area (Å²) in [5, 5.41) is 19.8. The number of hydrogen-bond acceptors (Lipinski definition) is 7. The number of benzene rings is 1. The van der Waals surface area contributed by atoms with E-state index in [1.807, 2.05) is 0 Å². The van der Waals surface area contributed by atoms with Gasteiger partial charge in [-0.1, -0.05) is 17.8 Å². The highest BCUT2D eigenvalue weighted by atomic mass is 32.2. The van der Waals surface area contributed by atoms with E-state index in [4.69, 9.17) is 9.47 Å². The van der Waals surface area contributed by atoms with Crippen LogP contribution >= 0.6 is 11.8 Å². The summed E-state index contributed by atoms with van der Waals surface area (Å²) in [4.78, 5) is 21.8. The summed E-state index contributed by atoms with van der Waals surface area (Å²) in [7, 11) is 1.40. The number of ether oxygens (including phenoxy) is 2. The molecule has 0 saturated heterocycles. The summed E-state index contributed by atoms with van der Waals surface area (Å²) < 4.78 is 10.0. The summed E-state index contributed by atoms with van der Waals surface area (Å²) in [6.07, 6.45) is -2.26. The van der Waals surface area contributed by atoms with Crippen molar-refractivity contribution in [1.29, 1.82) is 0 Å². The molecule has 2 atom stereocenters. The molecule has 0 spiro atoms. The zero-order valence-electron chi connectivity index (χ0n) is 12.0. The molecule has 0 bridgehead atoms. The zero-order valence-corrected chi connectivity index (χ0v) is 12.8. The van der Waals surface area contributed by atoms with Crippen LogP contribution in [0.2, 0.25) is 0 Å². The molecule has 1 rings (SSSR count). The first-order valence-electron chi connectivity index (χ1n) is 6.21. The SMILES string of the molecule is COc1cc(C(O)C(O)CSC(C)=O)ccc1OC(C)=O. The van der Waals surface area contributed by atoms with E-state index >= 15 is 0 Å². The van der Waals surface area contributed by atoms with Gasteiger partial charge >= 0.3 is 5.97 Å². The van der Waals surface area contributed by atoms with Crippen LogP contribution in [0.3, 0.4) is 0 Å². The van der Waals surface area contributed by atoms with E-state index in [2.05, 4.69) is 0 Å². The number of carbonyl (C=O) groups is 2. The number of hydrogen-bond donors (Lipinski definition) is 2. The van der Waals surface area contributed by atoms with Gasteiger partial charge in [0.2, 0.25) is 0 Å². The number of aliphatic hydroxyl groups is 2. The molecular formula is C14H18O6S. The third kappa shape index (κ3) is 5.37. The lowest BCUT2D eigenvalue weighted by molar-refractivity contribution is -0.132. The molecule has 2 unspecified atom stereocenters. The highest BCUT2D eigenvalue weighted by Crippen LogP contribution is 2.31. The molecule has 2 N–H and O–H groups in total. The molecular weight excluding hydrogens is 296 g/mol. The summed E-state index contributed by atoms with van der Waals surface area (Å²) in [6.45, 7) is 2.66. The maximum absolute atomic E-state index is 11.0. The van der Waals surface area contributed by atoms with Crippen molar-refractivity contribution in [2.24, 2.45) is 0 Å². The van der Waals surface area contributed by atoms with Crippen molar-refractivity contribution in [2.45, 2.75) is 26.1 Å². The van der Waals surface area contributed by atoms with Gasteiger partial charge in [-0.2, -0.15) is 0 Å². The minimum Gasteiger partial charge on any atom is -0.493 e. The Morgan fingerprint density at radius 2 is 1.90 bits per heavy atom. The van der Waals surface area contributed by atoms with Crippen molar-refractivity contribution in [2.75, 3.05) is 12.9 Å². The predicted molar refractivity (Wildman–Crippen MR) is 78.4 cm³/mol. The van der Waals surface area contributed by atoms with Gasteiger partial charge in [0, 0.05) is 19.6 Å². The third-order valence-corrected chi connectivity index (χ3v) is 3.52. The van der Waals surface area contributed by atoms with E-state index in [1.54, 1.807) is 0 Å². The van der Waals surface area contributed by atoms with Crippen LogP contribution in [0, 0.1) is 0 Å². The average molecular weight is 314 g/mol. The van der Waals surface area contributed by atoms with Gasteiger partial charge in [0.1, 0.15) is 6.10 Å². The van der Waals surface area contributed by atoms with E-state index < -0.39 is 18.2 Å². The van der Waals surface area contributed by atoms with E-state index in [0.29, 0.717) is 5.56 Å². The third-order valence-electron chi connectivity index (χ3n) is 2.60. The summed E-state index contributed by atoms with van der Waals surface area (Å²) in [6, 6.07) is 4.47. The second kappa shape index (κ2) is 8.02. The molecule has 0 aliphatic carbocycles. The summed E-state index contributed by atoms with van der Waals surface area (Å²) in [5.74, 6) is 0.103. The van der Waals surface area contributed by atoms with Gasteiger partial charge in [-0.3, -0.25) is 9.59 Å². The van der Waals surface area contributed by atoms with Gasteiger partial charge in [0.25, 0.3) is 0 Å².